The van der Waals surface area contributed by atoms with Gasteiger partial charge in [-0.25, -0.2) is 0 Å². The van der Waals surface area contributed by atoms with E-state index in [0.29, 0.717) is 0 Å². The van der Waals surface area contributed by atoms with Crippen LogP contribution < -0.4 is 4.74 Å². The smallest absolute Gasteiger partial charge is 0.298 e. The summed E-state index contributed by atoms with van der Waals surface area (Å²) in [6.07, 6.45) is 0. The minimum Gasteiger partial charge on any atom is -0.428 e. The minimum absolute atomic E-state index is 0.0305. The van der Waals surface area contributed by atoms with E-state index in [9.17, 15) is 25.0 Å². The average molecular weight is 212 g/mol. The summed E-state index contributed by atoms with van der Waals surface area (Å²) in [5, 5.41) is 20.7. The maximum Gasteiger partial charge on any atom is 0.298 e. The van der Waals surface area contributed by atoms with Gasteiger partial charge in [0.05, 0.1) is 28.0 Å². The molecule has 0 aromatic heterocycles. The van der Waals surface area contributed by atoms with Gasteiger partial charge in [-0.3, -0.25) is 25.0 Å². The molecule has 8 heteroatoms. The van der Waals surface area contributed by atoms with Crippen LogP contribution in [0.15, 0.2) is 18.2 Å². The SMILES string of the molecule is O=COc1cc([N+](=O)[O-])cc([N+](=O)[O-])c1. The van der Waals surface area contributed by atoms with E-state index < -0.39 is 21.2 Å². The molecule has 0 saturated carbocycles. The molecule has 1 aromatic rings. The van der Waals surface area contributed by atoms with Gasteiger partial charge in [-0.15, -0.1) is 0 Å². The first-order chi connectivity index (χ1) is 7.04. The molecule has 0 heterocycles. The number of nitrogens with zero attached hydrogens (tertiary/aromatic N) is 2. The van der Waals surface area contributed by atoms with Crippen molar-refractivity contribution < 1.29 is 19.4 Å². The maximum atomic E-state index is 10.4. The van der Waals surface area contributed by atoms with E-state index >= 15 is 0 Å². The molecule has 0 amide bonds. The zero-order valence-corrected chi connectivity index (χ0v) is 7.15. The number of nitro groups is 2. The highest BCUT2D eigenvalue weighted by atomic mass is 16.6. The number of rotatable bonds is 4. The molecule has 0 unspecified atom stereocenters. The third-order valence-electron chi connectivity index (χ3n) is 1.48. The van der Waals surface area contributed by atoms with Crippen molar-refractivity contribution in [3.8, 4) is 5.75 Å². The lowest BCUT2D eigenvalue weighted by atomic mass is 10.2. The van der Waals surface area contributed by atoms with Crippen molar-refractivity contribution in [2.75, 3.05) is 0 Å². The lowest BCUT2D eigenvalue weighted by molar-refractivity contribution is -0.394. The summed E-state index contributed by atoms with van der Waals surface area (Å²) >= 11 is 0. The van der Waals surface area contributed by atoms with E-state index in [4.69, 9.17) is 0 Å². The van der Waals surface area contributed by atoms with E-state index in [2.05, 4.69) is 4.74 Å². The maximum absolute atomic E-state index is 10.4. The van der Waals surface area contributed by atoms with Gasteiger partial charge in [-0.05, 0) is 0 Å². The number of hydrogen-bond acceptors (Lipinski definition) is 6. The van der Waals surface area contributed by atoms with Gasteiger partial charge in [0, 0.05) is 0 Å². The second-order valence-electron chi connectivity index (χ2n) is 2.41. The van der Waals surface area contributed by atoms with Crippen LogP contribution in [0, 0.1) is 20.2 Å². The molecule has 0 fully saturated rings. The number of nitro benzene ring substituents is 2. The summed E-state index contributed by atoms with van der Waals surface area (Å²) < 4.78 is 4.30. The fourth-order valence-corrected chi connectivity index (χ4v) is 0.902. The normalized spacial score (nSPS) is 9.33. The molecular weight excluding hydrogens is 208 g/mol. The van der Waals surface area contributed by atoms with E-state index in [-0.39, 0.29) is 12.2 Å². The van der Waals surface area contributed by atoms with Gasteiger partial charge >= 0.3 is 0 Å². The fraction of sp³-hybridized carbons (Fsp3) is 0. The Morgan fingerprint density at radius 3 is 1.87 bits per heavy atom. The number of carbonyl (C=O) groups is 1. The van der Waals surface area contributed by atoms with Crippen molar-refractivity contribution in [1.82, 2.24) is 0 Å². The number of hydrogen-bond donors (Lipinski definition) is 0. The van der Waals surface area contributed by atoms with Crippen molar-refractivity contribution in [3.05, 3.63) is 38.4 Å². The fourth-order valence-electron chi connectivity index (χ4n) is 0.902. The monoisotopic (exact) mass is 212 g/mol. The molecule has 0 spiro atoms. The summed E-state index contributed by atoms with van der Waals surface area (Å²) in [5.74, 6) is -0.245. The van der Waals surface area contributed by atoms with Crippen molar-refractivity contribution in [3.63, 3.8) is 0 Å². The van der Waals surface area contributed by atoms with Crippen molar-refractivity contribution in [1.29, 1.82) is 0 Å². The summed E-state index contributed by atoms with van der Waals surface area (Å²) in [5.41, 5.74) is -1.03. The van der Waals surface area contributed by atoms with E-state index in [1.165, 1.54) is 0 Å². The standard InChI is InChI=1S/C7H4N2O6/c10-4-15-7-2-5(8(11)12)1-6(3-7)9(13)14/h1-4H. The number of carbonyl (C=O) groups excluding carboxylic acids is 1. The first-order valence-corrected chi connectivity index (χ1v) is 3.59. The summed E-state index contributed by atoms with van der Waals surface area (Å²) in [6.45, 7) is 0.0305. The number of ether oxygens (including phenoxy) is 1. The van der Waals surface area contributed by atoms with Gasteiger partial charge < -0.3 is 4.74 Å². The number of benzene rings is 1. The molecule has 78 valence electrons. The summed E-state index contributed by atoms with van der Waals surface area (Å²) in [4.78, 5) is 29.1. The van der Waals surface area contributed by atoms with Gasteiger partial charge in [-0.1, -0.05) is 0 Å². The van der Waals surface area contributed by atoms with Gasteiger partial charge in [0.25, 0.3) is 17.8 Å². The predicted molar refractivity (Wildman–Crippen MR) is 46.4 cm³/mol. The molecule has 0 N–H and O–H groups in total. The third kappa shape index (κ3) is 2.46. The van der Waals surface area contributed by atoms with Crippen LogP contribution in [0.4, 0.5) is 11.4 Å². The first kappa shape index (κ1) is 10.6. The van der Waals surface area contributed by atoms with Crippen LogP contribution in [0.5, 0.6) is 5.75 Å². The van der Waals surface area contributed by atoms with Crippen LogP contribution in [0.25, 0.3) is 0 Å². The molecule has 0 saturated heterocycles. The van der Waals surface area contributed by atoms with Crippen LogP contribution in [0.2, 0.25) is 0 Å². The highest BCUT2D eigenvalue weighted by Crippen LogP contribution is 2.26. The number of non-ortho nitro benzene ring substituents is 2. The van der Waals surface area contributed by atoms with Crippen LogP contribution >= 0.6 is 0 Å². The van der Waals surface area contributed by atoms with E-state index in [0.717, 1.165) is 18.2 Å². The Balaban J connectivity index is 3.25. The van der Waals surface area contributed by atoms with Gasteiger partial charge in [0.15, 0.2) is 0 Å². The molecule has 15 heavy (non-hydrogen) atoms. The molecule has 0 bridgehead atoms. The molecule has 8 nitrogen and oxygen atoms in total. The zero-order chi connectivity index (χ0) is 11.4. The lowest BCUT2D eigenvalue weighted by Gasteiger charge is -1.97. The molecule has 0 atom stereocenters. The third-order valence-corrected chi connectivity index (χ3v) is 1.48. The lowest BCUT2D eigenvalue weighted by Crippen LogP contribution is -1.95. The van der Waals surface area contributed by atoms with Crippen LogP contribution in [-0.4, -0.2) is 16.3 Å². The van der Waals surface area contributed by atoms with Crippen LogP contribution in [0.1, 0.15) is 0 Å². The summed E-state index contributed by atoms with van der Waals surface area (Å²) in [7, 11) is 0. The average Bonchev–Trinajstić information content (AvgIpc) is 2.17. The largest absolute Gasteiger partial charge is 0.428 e. The molecule has 1 rings (SSSR count). The van der Waals surface area contributed by atoms with Crippen LogP contribution in [0.3, 0.4) is 0 Å². The molecular formula is C7H4N2O6. The molecule has 1 aromatic carbocycles. The predicted octanol–water partition coefficient (Wildman–Crippen LogP) is 1.04. The second kappa shape index (κ2) is 4.13. The topological polar surface area (TPSA) is 113 Å². The highest BCUT2D eigenvalue weighted by Gasteiger charge is 2.16. The Morgan fingerprint density at radius 2 is 1.53 bits per heavy atom. The highest BCUT2D eigenvalue weighted by molar-refractivity contribution is 5.54. The van der Waals surface area contributed by atoms with Crippen LogP contribution in [-0.2, 0) is 4.79 Å². The van der Waals surface area contributed by atoms with Gasteiger partial charge in [0.2, 0.25) is 0 Å². The Morgan fingerprint density at radius 1 is 1.07 bits per heavy atom. The Labute approximate surface area is 82.4 Å². The van der Waals surface area contributed by atoms with E-state index in [1.807, 2.05) is 0 Å². The Bertz CT molecular complexity index is 397. The first-order valence-electron chi connectivity index (χ1n) is 3.59. The van der Waals surface area contributed by atoms with E-state index in [1.54, 1.807) is 0 Å². The second-order valence-corrected chi connectivity index (χ2v) is 2.41. The minimum atomic E-state index is -0.815. The molecule has 0 aliphatic rings. The zero-order valence-electron chi connectivity index (χ0n) is 7.15. The van der Waals surface area contributed by atoms with Gasteiger partial charge in [0.1, 0.15) is 5.75 Å². The summed E-state index contributed by atoms with van der Waals surface area (Å²) in [6, 6.07) is 2.61. The van der Waals surface area contributed by atoms with Crippen molar-refractivity contribution in [2.45, 2.75) is 0 Å². The van der Waals surface area contributed by atoms with Crippen molar-refractivity contribution >= 4 is 17.8 Å². The molecule has 0 aliphatic carbocycles. The molecule has 0 aliphatic heterocycles. The Kier molecular flexibility index (Phi) is 2.91. The quantitative estimate of drug-likeness (QED) is 0.418. The van der Waals surface area contributed by atoms with Gasteiger partial charge in [-0.2, -0.15) is 0 Å². The Hall–Kier alpha value is -2.51. The van der Waals surface area contributed by atoms with Crippen molar-refractivity contribution in [2.24, 2.45) is 0 Å². The molecule has 0 radical (unpaired) electrons.